The van der Waals surface area contributed by atoms with Gasteiger partial charge in [0.05, 0.1) is 18.4 Å². The first-order valence-corrected chi connectivity index (χ1v) is 6.41. The zero-order chi connectivity index (χ0) is 14.7. The molecule has 0 spiro atoms. The highest BCUT2D eigenvalue weighted by Gasteiger charge is 2.12. The maximum Gasteiger partial charge on any atom is 0.153 e. The summed E-state index contributed by atoms with van der Waals surface area (Å²) in [4.78, 5) is 15.3. The van der Waals surface area contributed by atoms with Gasteiger partial charge < -0.3 is 4.74 Å². The normalized spacial score (nSPS) is 10.3. The summed E-state index contributed by atoms with van der Waals surface area (Å²) in [5, 5.41) is 4.50. The van der Waals surface area contributed by atoms with Crippen LogP contribution >= 0.6 is 0 Å². The van der Waals surface area contributed by atoms with Crippen LogP contribution in [-0.2, 0) is 0 Å². The summed E-state index contributed by atoms with van der Waals surface area (Å²) in [6.07, 6.45) is 5.88. The van der Waals surface area contributed by atoms with E-state index in [1.807, 2.05) is 36.4 Å². The van der Waals surface area contributed by atoms with Gasteiger partial charge in [0.25, 0.3) is 0 Å². The average Bonchev–Trinajstić information content (AvgIpc) is 3.00. The Hall–Kier alpha value is -2.95. The fraction of sp³-hybridized carbons (Fsp3) is 0.0625. The number of methoxy groups -OCH3 is 1. The summed E-state index contributed by atoms with van der Waals surface area (Å²) >= 11 is 0. The van der Waals surface area contributed by atoms with Crippen LogP contribution in [0.25, 0.3) is 16.9 Å². The van der Waals surface area contributed by atoms with Gasteiger partial charge >= 0.3 is 0 Å². The number of carbonyl (C=O) groups excluding carboxylic acids is 1. The summed E-state index contributed by atoms with van der Waals surface area (Å²) < 4.78 is 6.88. The molecule has 0 saturated carbocycles. The molecule has 0 radical (unpaired) electrons. The largest absolute Gasteiger partial charge is 0.497 e. The van der Waals surface area contributed by atoms with Crippen molar-refractivity contribution in [3.63, 3.8) is 0 Å². The Labute approximate surface area is 121 Å². The molecule has 0 unspecified atom stereocenters. The van der Waals surface area contributed by atoms with E-state index in [2.05, 4.69) is 10.1 Å². The van der Waals surface area contributed by atoms with Crippen molar-refractivity contribution in [2.75, 3.05) is 7.11 Å². The minimum atomic E-state index is 0.528. The van der Waals surface area contributed by atoms with Crippen molar-refractivity contribution in [3.8, 4) is 22.7 Å². The van der Waals surface area contributed by atoms with Crippen molar-refractivity contribution in [3.05, 3.63) is 60.6 Å². The maximum absolute atomic E-state index is 11.3. The molecule has 21 heavy (non-hydrogen) atoms. The van der Waals surface area contributed by atoms with Crippen LogP contribution in [0.3, 0.4) is 0 Å². The van der Waals surface area contributed by atoms with Gasteiger partial charge in [-0.05, 0) is 24.3 Å². The van der Waals surface area contributed by atoms with Crippen LogP contribution in [0, 0.1) is 0 Å². The van der Waals surface area contributed by atoms with Gasteiger partial charge in [0.15, 0.2) is 6.29 Å². The Bertz CT molecular complexity index is 766. The van der Waals surface area contributed by atoms with Crippen LogP contribution in [0.2, 0.25) is 0 Å². The van der Waals surface area contributed by atoms with Crippen LogP contribution < -0.4 is 4.74 Å². The third-order valence-electron chi connectivity index (χ3n) is 3.14. The second-order valence-electron chi connectivity index (χ2n) is 4.43. The van der Waals surface area contributed by atoms with Crippen molar-refractivity contribution in [2.24, 2.45) is 0 Å². The van der Waals surface area contributed by atoms with Crippen LogP contribution in [-0.4, -0.2) is 28.2 Å². The number of carbonyl (C=O) groups is 1. The number of aldehydes is 1. The molecule has 0 fully saturated rings. The third-order valence-corrected chi connectivity index (χ3v) is 3.14. The Morgan fingerprint density at radius 1 is 1.19 bits per heavy atom. The van der Waals surface area contributed by atoms with Crippen molar-refractivity contribution in [2.45, 2.75) is 0 Å². The van der Waals surface area contributed by atoms with Gasteiger partial charge in [-0.25, -0.2) is 4.68 Å². The highest BCUT2D eigenvalue weighted by molar-refractivity contribution is 5.85. The number of nitrogens with zero attached hydrogens (tertiary/aromatic N) is 3. The fourth-order valence-corrected chi connectivity index (χ4v) is 2.10. The summed E-state index contributed by atoms with van der Waals surface area (Å²) in [5.74, 6) is 0.725. The first kappa shape index (κ1) is 13.1. The Morgan fingerprint density at radius 3 is 2.71 bits per heavy atom. The van der Waals surface area contributed by atoms with Gasteiger partial charge in [-0.15, -0.1) is 0 Å². The average molecular weight is 279 g/mol. The third kappa shape index (κ3) is 2.53. The number of rotatable bonds is 4. The monoisotopic (exact) mass is 279 g/mol. The van der Waals surface area contributed by atoms with Gasteiger partial charge in [0, 0.05) is 24.2 Å². The molecule has 0 aliphatic rings. The molecule has 5 nitrogen and oxygen atoms in total. The van der Waals surface area contributed by atoms with Crippen LogP contribution in [0.15, 0.2) is 55.0 Å². The van der Waals surface area contributed by atoms with Gasteiger partial charge in [-0.1, -0.05) is 12.1 Å². The van der Waals surface area contributed by atoms with Gasteiger partial charge in [0.1, 0.15) is 11.4 Å². The lowest BCUT2D eigenvalue weighted by Crippen LogP contribution is -1.94. The second kappa shape index (κ2) is 5.58. The maximum atomic E-state index is 11.3. The molecule has 2 aromatic heterocycles. The molecule has 104 valence electrons. The van der Waals surface area contributed by atoms with Gasteiger partial charge in [0.2, 0.25) is 0 Å². The molecule has 5 heteroatoms. The van der Waals surface area contributed by atoms with E-state index in [9.17, 15) is 4.79 Å². The van der Waals surface area contributed by atoms with E-state index in [0.29, 0.717) is 11.3 Å². The Balaban J connectivity index is 2.10. The van der Waals surface area contributed by atoms with E-state index in [1.54, 1.807) is 30.4 Å². The summed E-state index contributed by atoms with van der Waals surface area (Å²) in [6, 6.07) is 11.1. The smallest absolute Gasteiger partial charge is 0.153 e. The number of ether oxygens (including phenoxy) is 1. The number of hydrogen-bond acceptors (Lipinski definition) is 4. The molecule has 0 bridgehead atoms. The number of hydrogen-bond donors (Lipinski definition) is 0. The number of aromatic nitrogens is 3. The highest BCUT2D eigenvalue weighted by atomic mass is 16.5. The lowest BCUT2D eigenvalue weighted by atomic mass is 10.1. The van der Waals surface area contributed by atoms with Gasteiger partial charge in [-0.3, -0.25) is 9.78 Å². The van der Waals surface area contributed by atoms with Crippen molar-refractivity contribution >= 4 is 6.29 Å². The van der Waals surface area contributed by atoms with E-state index in [-0.39, 0.29) is 0 Å². The number of benzene rings is 1. The Morgan fingerprint density at radius 2 is 2.00 bits per heavy atom. The van der Waals surface area contributed by atoms with E-state index >= 15 is 0 Å². The van der Waals surface area contributed by atoms with Crippen LogP contribution in [0.5, 0.6) is 5.75 Å². The van der Waals surface area contributed by atoms with Gasteiger partial charge in [-0.2, -0.15) is 5.10 Å². The second-order valence-corrected chi connectivity index (χ2v) is 4.43. The Kier molecular flexibility index (Phi) is 3.47. The zero-order valence-corrected chi connectivity index (χ0v) is 11.4. The summed E-state index contributed by atoms with van der Waals surface area (Å²) in [5.41, 5.74) is 2.84. The lowest BCUT2D eigenvalue weighted by Gasteiger charge is -2.03. The molecular weight excluding hydrogens is 266 g/mol. The molecule has 0 saturated heterocycles. The van der Waals surface area contributed by atoms with Crippen molar-refractivity contribution < 1.29 is 9.53 Å². The van der Waals surface area contributed by atoms with E-state index in [4.69, 9.17) is 4.74 Å². The predicted octanol–water partition coefficient (Wildman–Crippen LogP) is 2.76. The van der Waals surface area contributed by atoms with Crippen molar-refractivity contribution in [1.82, 2.24) is 14.8 Å². The number of pyridine rings is 1. The summed E-state index contributed by atoms with van der Waals surface area (Å²) in [6.45, 7) is 0. The zero-order valence-electron chi connectivity index (χ0n) is 11.4. The summed E-state index contributed by atoms with van der Waals surface area (Å²) in [7, 11) is 1.61. The standard InChI is InChI=1S/C16H13N3O2/c1-21-15-4-2-3-12(9-15)16-13(11-20)10-19(18-16)14-5-7-17-8-6-14/h2-11H,1H3. The van der Waals surface area contributed by atoms with Crippen LogP contribution in [0.1, 0.15) is 10.4 Å². The predicted molar refractivity (Wildman–Crippen MR) is 78.7 cm³/mol. The molecule has 3 rings (SSSR count). The fourth-order valence-electron chi connectivity index (χ4n) is 2.10. The van der Waals surface area contributed by atoms with Crippen LogP contribution in [0.4, 0.5) is 0 Å². The topological polar surface area (TPSA) is 57.0 Å². The molecule has 0 atom stereocenters. The van der Waals surface area contributed by atoms with E-state index < -0.39 is 0 Å². The minimum absolute atomic E-state index is 0.528. The molecule has 0 amide bonds. The molecule has 0 N–H and O–H groups in total. The SMILES string of the molecule is COc1cccc(-c2nn(-c3ccncc3)cc2C=O)c1. The minimum Gasteiger partial charge on any atom is -0.497 e. The first-order chi connectivity index (χ1) is 10.3. The first-order valence-electron chi connectivity index (χ1n) is 6.41. The van der Waals surface area contributed by atoms with E-state index in [0.717, 1.165) is 23.3 Å². The molecule has 3 aromatic rings. The lowest BCUT2D eigenvalue weighted by molar-refractivity contribution is 0.112. The molecule has 2 heterocycles. The molecule has 1 aromatic carbocycles. The van der Waals surface area contributed by atoms with Crippen molar-refractivity contribution in [1.29, 1.82) is 0 Å². The van der Waals surface area contributed by atoms with E-state index in [1.165, 1.54) is 0 Å². The molecule has 0 aliphatic carbocycles. The molecule has 0 aliphatic heterocycles. The molecular formula is C16H13N3O2. The quantitative estimate of drug-likeness (QED) is 0.689. The highest BCUT2D eigenvalue weighted by Crippen LogP contribution is 2.25.